The lowest BCUT2D eigenvalue weighted by Gasteiger charge is -2.33. The molecule has 22 heavy (non-hydrogen) atoms. The number of halogens is 1. The van der Waals surface area contributed by atoms with Gasteiger partial charge in [-0.1, -0.05) is 0 Å². The van der Waals surface area contributed by atoms with Crippen LogP contribution < -0.4 is 0 Å². The highest BCUT2D eigenvalue weighted by Gasteiger charge is 2.35. The molecule has 3 nitrogen and oxygen atoms in total. The molecule has 118 valence electrons. The Hall–Kier alpha value is -1.30. The smallest absolute Gasteiger partial charge is 0.123 e. The second-order valence-corrected chi connectivity index (χ2v) is 7.29. The van der Waals surface area contributed by atoms with Gasteiger partial charge in [-0.15, -0.1) is 11.3 Å². The van der Waals surface area contributed by atoms with Crippen LogP contribution in [0.3, 0.4) is 0 Å². The van der Waals surface area contributed by atoms with E-state index in [-0.39, 0.29) is 11.9 Å². The fraction of sp³-hybridized carbons (Fsp3) is 0.471. The van der Waals surface area contributed by atoms with Crippen molar-refractivity contribution in [3.8, 4) is 10.6 Å². The third-order valence-corrected chi connectivity index (χ3v) is 5.13. The normalized spacial score (nSPS) is 19.7. The molecule has 5 heteroatoms. The van der Waals surface area contributed by atoms with Crippen LogP contribution in [-0.2, 0) is 6.54 Å². The number of rotatable bonds is 4. The van der Waals surface area contributed by atoms with Crippen LogP contribution in [0, 0.1) is 5.82 Å². The van der Waals surface area contributed by atoms with Gasteiger partial charge in [-0.25, -0.2) is 9.37 Å². The Labute approximate surface area is 134 Å². The summed E-state index contributed by atoms with van der Waals surface area (Å²) >= 11 is 1.58. The van der Waals surface area contributed by atoms with E-state index in [1.807, 2.05) is 13.8 Å². The minimum absolute atomic E-state index is 0.184. The maximum Gasteiger partial charge on any atom is 0.123 e. The summed E-state index contributed by atoms with van der Waals surface area (Å²) in [6.07, 6.45) is 2.14. The molecule has 2 heterocycles. The minimum Gasteiger partial charge on any atom is -0.389 e. The van der Waals surface area contributed by atoms with Crippen LogP contribution >= 0.6 is 11.3 Å². The summed E-state index contributed by atoms with van der Waals surface area (Å²) in [5.41, 5.74) is 1.27. The van der Waals surface area contributed by atoms with Gasteiger partial charge in [0.2, 0.25) is 0 Å². The van der Waals surface area contributed by atoms with E-state index in [2.05, 4.69) is 15.3 Å². The first-order valence-corrected chi connectivity index (χ1v) is 8.48. The van der Waals surface area contributed by atoms with Gasteiger partial charge in [0, 0.05) is 23.5 Å². The largest absolute Gasteiger partial charge is 0.389 e. The molecule has 1 atom stereocenters. The van der Waals surface area contributed by atoms with Crippen molar-refractivity contribution in [2.45, 2.75) is 44.9 Å². The predicted molar refractivity (Wildman–Crippen MR) is 87.2 cm³/mol. The summed E-state index contributed by atoms with van der Waals surface area (Å²) in [6.45, 7) is 5.51. The van der Waals surface area contributed by atoms with Crippen LogP contribution in [-0.4, -0.2) is 33.2 Å². The second kappa shape index (κ2) is 6.07. The molecule has 1 aliphatic heterocycles. The maximum absolute atomic E-state index is 13.0. The first-order valence-electron chi connectivity index (χ1n) is 7.60. The standard InChI is InChI=1S/C17H21FN2OS/c1-17(2,21)15-4-3-9-20(15)10-14-11-22-16(19-14)12-5-7-13(18)8-6-12/h5-8,11,15,21H,3-4,9-10H2,1-2H3/t15-/m1/s1. The molecule has 2 aromatic rings. The van der Waals surface area contributed by atoms with Crippen molar-refractivity contribution in [1.82, 2.24) is 9.88 Å². The molecule has 3 rings (SSSR count). The molecule has 0 unspecified atom stereocenters. The summed E-state index contributed by atoms with van der Waals surface area (Å²) in [5, 5.41) is 13.2. The molecular formula is C17H21FN2OS. The number of hydrogen-bond acceptors (Lipinski definition) is 4. The predicted octanol–water partition coefficient (Wildman–Crippen LogP) is 3.68. The fourth-order valence-corrected chi connectivity index (χ4v) is 3.95. The van der Waals surface area contributed by atoms with Gasteiger partial charge < -0.3 is 5.11 Å². The molecule has 0 bridgehead atoms. The van der Waals surface area contributed by atoms with Crippen LogP contribution in [0.5, 0.6) is 0 Å². The van der Waals surface area contributed by atoms with Gasteiger partial charge in [-0.3, -0.25) is 4.90 Å². The van der Waals surface area contributed by atoms with Gasteiger partial charge in [-0.2, -0.15) is 0 Å². The van der Waals surface area contributed by atoms with Gasteiger partial charge in [0.15, 0.2) is 0 Å². The Kier molecular flexibility index (Phi) is 4.30. The van der Waals surface area contributed by atoms with Crippen molar-refractivity contribution in [3.05, 3.63) is 41.2 Å². The average Bonchev–Trinajstić information content (AvgIpc) is 3.09. The zero-order chi connectivity index (χ0) is 15.7. The van der Waals surface area contributed by atoms with E-state index < -0.39 is 5.60 Å². The lowest BCUT2D eigenvalue weighted by molar-refractivity contribution is -0.00530. The summed E-state index contributed by atoms with van der Waals surface area (Å²) in [5.74, 6) is -0.231. The molecule has 0 saturated carbocycles. The van der Waals surface area contributed by atoms with Crippen molar-refractivity contribution in [1.29, 1.82) is 0 Å². The number of likely N-dealkylation sites (tertiary alicyclic amines) is 1. The van der Waals surface area contributed by atoms with E-state index in [9.17, 15) is 9.50 Å². The van der Waals surface area contributed by atoms with E-state index in [1.165, 1.54) is 12.1 Å². The molecule has 1 aromatic carbocycles. The van der Waals surface area contributed by atoms with Crippen LogP contribution in [0.2, 0.25) is 0 Å². The van der Waals surface area contributed by atoms with Crippen molar-refractivity contribution in [3.63, 3.8) is 0 Å². The zero-order valence-electron chi connectivity index (χ0n) is 12.9. The first-order chi connectivity index (χ1) is 10.4. The van der Waals surface area contributed by atoms with Crippen LogP contribution in [0.1, 0.15) is 32.4 Å². The second-order valence-electron chi connectivity index (χ2n) is 6.43. The van der Waals surface area contributed by atoms with E-state index in [4.69, 9.17) is 0 Å². The summed E-state index contributed by atoms with van der Waals surface area (Å²) in [7, 11) is 0. The van der Waals surface area contributed by atoms with E-state index >= 15 is 0 Å². The maximum atomic E-state index is 13.0. The van der Waals surface area contributed by atoms with E-state index in [0.29, 0.717) is 0 Å². The Morgan fingerprint density at radius 2 is 2.09 bits per heavy atom. The van der Waals surface area contributed by atoms with Gasteiger partial charge >= 0.3 is 0 Å². The number of aromatic nitrogens is 1. The van der Waals surface area contributed by atoms with Crippen molar-refractivity contribution < 1.29 is 9.50 Å². The van der Waals surface area contributed by atoms with E-state index in [1.54, 1.807) is 23.5 Å². The Morgan fingerprint density at radius 3 is 2.77 bits per heavy atom. The summed E-state index contributed by atoms with van der Waals surface area (Å²) in [4.78, 5) is 6.97. The lowest BCUT2D eigenvalue weighted by Crippen LogP contribution is -2.45. The fourth-order valence-electron chi connectivity index (χ4n) is 3.13. The number of aliphatic hydroxyl groups is 1. The lowest BCUT2D eigenvalue weighted by atomic mass is 9.96. The van der Waals surface area contributed by atoms with Gasteiger partial charge in [0.1, 0.15) is 10.8 Å². The quantitative estimate of drug-likeness (QED) is 0.933. The summed E-state index contributed by atoms with van der Waals surface area (Å²) in [6, 6.07) is 6.62. The number of hydrogen-bond donors (Lipinski definition) is 1. The van der Waals surface area contributed by atoms with Crippen molar-refractivity contribution in [2.75, 3.05) is 6.54 Å². The molecule has 1 saturated heterocycles. The molecule has 1 aromatic heterocycles. The number of benzene rings is 1. The van der Waals surface area contributed by atoms with Gasteiger partial charge in [-0.05, 0) is 57.5 Å². The molecule has 0 radical (unpaired) electrons. The Bertz CT molecular complexity index is 633. The molecule has 0 aliphatic carbocycles. The summed E-state index contributed by atoms with van der Waals surface area (Å²) < 4.78 is 13.0. The minimum atomic E-state index is -0.688. The zero-order valence-corrected chi connectivity index (χ0v) is 13.7. The third-order valence-electron chi connectivity index (χ3n) is 4.19. The highest BCUT2D eigenvalue weighted by molar-refractivity contribution is 7.13. The van der Waals surface area contributed by atoms with E-state index in [0.717, 1.165) is 42.2 Å². The Morgan fingerprint density at radius 1 is 1.36 bits per heavy atom. The highest BCUT2D eigenvalue weighted by Crippen LogP contribution is 2.30. The molecule has 1 fully saturated rings. The van der Waals surface area contributed by atoms with Crippen LogP contribution in [0.15, 0.2) is 29.6 Å². The Balaban J connectivity index is 1.73. The number of thiazole rings is 1. The molecular weight excluding hydrogens is 299 g/mol. The monoisotopic (exact) mass is 320 g/mol. The van der Waals surface area contributed by atoms with Crippen molar-refractivity contribution in [2.24, 2.45) is 0 Å². The highest BCUT2D eigenvalue weighted by atomic mass is 32.1. The first kappa shape index (κ1) is 15.6. The molecule has 0 amide bonds. The average molecular weight is 320 g/mol. The molecule has 0 spiro atoms. The van der Waals surface area contributed by atoms with Crippen LogP contribution in [0.25, 0.3) is 10.6 Å². The molecule has 1 N–H and O–H groups in total. The molecule has 1 aliphatic rings. The topological polar surface area (TPSA) is 36.4 Å². The van der Waals surface area contributed by atoms with Crippen LogP contribution in [0.4, 0.5) is 4.39 Å². The van der Waals surface area contributed by atoms with Gasteiger partial charge in [0.05, 0.1) is 11.3 Å². The van der Waals surface area contributed by atoms with Crippen molar-refractivity contribution >= 4 is 11.3 Å². The SMILES string of the molecule is CC(C)(O)[C@H]1CCCN1Cc1csc(-c2ccc(F)cc2)n1. The third kappa shape index (κ3) is 3.37. The number of nitrogens with zero attached hydrogens (tertiary/aromatic N) is 2. The van der Waals surface area contributed by atoms with Gasteiger partial charge in [0.25, 0.3) is 0 Å².